The Labute approximate surface area is 94.5 Å². The lowest BCUT2D eigenvalue weighted by atomic mass is 10.1. The third kappa shape index (κ3) is 10.2. The number of hydrogen-bond donors (Lipinski definition) is 1. The molecule has 0 aliphatic carbocycles. The predicted molar refractivity (Wildman–Crippen MR) is 64.3 cm³/mol. The first-order chi connectivity index (χ1) is 7.35. The van der Waals surface area contributed by atoms with E-state index >= 15 is 0 Å². The second-order valence-electron chi connectivity index (χ2n) is 3.86. The van der Waals surface area contributed by atoms with Crippen LogP contribution in [0.15, 0.2) is 0 Å². The van der Waals surface area contributed by atoms with Crippen LogP contribution >= 0.6 is 0 Å². The molecule has 15 heavy (non-hydrogen) atoms. The second-order valence-corrected chi connectivity index (χ2v) is 3.86. The molecule has 0 heterocycles. The standard InChI is InChI=1S/C12H27NO2/c1-4-8-13-12(7-6-10-14-3)11-15-9-5-2/h12-13H,4-11H2,1-3H3. The van der Waals surface area contributed by atoms with Crippen LogP contribution in [0.5, 0.6) is 0 Å². The molecule has 0 rings (SSSR count). The van der Waals surface area contributed by atoms with E-state index < -0.39 is 0 Å². The molecule has 1 unspecified atom stereocenters. The van der Waals surface area contributed by atoms with Gasteiger partial charge in [0.15, 0.2) is 0 Å². The van der Waals surface area contributed by atoms with Crippen LogP contribution in [0, 0.1) is 0 Å². The fraction of sp³-hybridized carbons (Fsp3) is 1.00. The number of rotatable bonds is 11. The molecule has 0 aromatic carbocycles. The maximum atomic E-state index is 5.57. The van der Waals surface area contributed by atoms with Crippen LogP contribution in [0.1, 0.15) is 39.5 Å². The lowest BCUT2D eigenvalue weighted by molar-refractivity contribution is 0.104. The van der Waals surface area contributed by atoms with Crippen molar-refractivity contribution in [3.63, 3.8) is 0 Å². The fourth-order valence-corrected chi connectivity index (χ4v) is 1.44. The van der Waals surface area contributed by atoms with E-state index in [1.807, 2.05) is 0 Å². The Morgan fingerprint density at radius 1 is 1.13 bits per heavy atom. The second kappa shape index (κ2) is 12.0. The van der Waals surface area contributed by atoms with Crippen molar-refractivity contribution in [1.29, 1.82) is 0 Å². The van der Waals surface area contributed by atoms with Crippen molar-refractivity contribution < 1.29 is 9.47 Å². The molecule has 0 saturated carbocycles. The summed E-state index contributed by atoms with van der Waals surface area (Å²) in [7, 11) is 1.75. The van der Waals surface area contributed by atoms with E-state index in [0.29, 0.717) is 6.04 Å². The Morgan fingerprint density at radius 3 is 2.53 bits per heavy atom. The summed E-state index contributed by atoms with van der Waals surface area (Å²) in [5.41, 5.74) is 0. The summed E-state index contributed by atoms with van der Waals surface area (Å²) in [6, 6.07) is 0.492. The van der Waals surface area contributed by atoms with Crippen molar-refractivity contribution in [3.8, 4) is 0 Å². The molecule has 0 radical (unpaired) electrons. The first kappa shape index (κ1) is 14.9. The number of nitrogens with one attached hydrogen (secondary N) is 1. The van der Waals surface area contributed by atoms with Gasteiger partial charge in [-0.3, -0.25) is 0 Å². The molecule has 0 amide bonds. The summed E-state index contributed by atoms with van der Waals surface area (Å²) >= 11 is 0. The van der Waals surface area contributed by atoms with E-state index in [2.05, 4.69) is 19.2 Å². The van der Waals surface area contributed by atoms with Crippen LogP contribution in [-0.2, 0) is 9.47 Å². The number of ether oxygens (including phenoxy) is 2. The summed E-state index contributed by atoms with van der Waals surface area (Å²) in [5, 5.41) is 3.51. The van der Waals surface area contributed by atoms with Crippen LogP contribution < -0.4 is 5.32 Å². The van der Waals surface area contributed by atoms with Gasteiger partial charge in [0.2, 0.25) is 0 Å². The highest BCUT2D eigenvalue weighted by Crippen LogP contribution is 1.99. The molecular formula is C12H27NO2. The van der Waals surface area contributed by atoms with E-state index in [1.165, 1.54) is 6.42 Å². The number of methoxy groups -OCH3 is 1. The van der Waals surface area contributed by atoms with Crippen LogP contribution in [0.2, 0.25) is 0 Å². The molecule has 92 valence electrons. The zero-order chi connectivity index (χ0) is 11.4. The first-order valence-electron chi connectivity index (χ1n) is 6.15. The minimum Gasteiger partial charge on any atom is -0.385 e. The van der Waals surface area contributed by atoms with Gasteiger partial charge < -0.3 is 14.8 Å². The van der Waals surface area contributed by atoms with Gasteiger partial charge in [-0.2, -0.15) is 0 Å². The normalized spacial score (nSPS) is 13.0. The lowest BCUT2D eigenvalue weighted by Crippen LogP contribution is -2.34. The van der Waals surface area contributed by atoms with Gasteiger partial charge >= 0.3 is 0 Å². The minimum atomic E-state index is 0.492. The van der Waals surface area contributed by atoms with Crippen LogP contribution in [0.3, 0.4) is 0 Å². The van der Waals surface area contributed by atoms with Crippen molar-refractivity contribution >= 4 is 0 Å². The molecule has 0 aromatic heterocycles. The third-order valence-electron chi connectivity index (χ3n) is 2.25. The van der Waals surface area contributed by atoms with Crippen molar-refractivity contribution in [2.24, 2.45) is 0 Å². The van der Waals surface area contributed by atoms with E-state index in [4.69, 9.17) is 9.47 Å². The molecule has 0 saturated heterocycles. The average molecular weight is 217 g/mol. The summed E-state index contributed by atoms with van der Waals surface area (Å²) < 4.78 is 10.6. The van der Waals surface area contributed by atoms with E-state index in [1.54, 1.807) is 7.11 Å². The maximum Gasteiger partial charge on any atom is 0.0619 e. The van der Waals surface area contributed by atoms with E-state index in [0.717, 1.165) is 45.6 Å². The van der Waals surface area contributed by atoms with Crippen molar-refractivity contribution in [2.45, 2.75) is 45.6 Å². The van der Waals surface area contributed by atoms with Crippen molar-refractivity contribution in [1.82, 2.24) is 5.32 Å². The minimum absolute atomic E-state index is 0.492. The van der Waals surface area contributed by atoms with E-state index in [9.17, 15) is 0 Å². The fourth-order valence-electron chi connectivity index (χ4n) is 1.44. The Morgan fingerprint density at radius 2 is 1.93 bits per heavy atom. The first-order valence-corrected chi connectivity index (χ1v) is 6.15. The molecule has 1 atom stereocenters. The molecular weight excluding hydrogens is 190 g/mol. The highest BCUT2D eigenvalue weighted by molar-refractivity contribution is 4.65. The largest absolute Gasteiger partial charge is 0.385 e. The predicted octanol–water partition coefficient (Wildman–Crippen LogP) is 2.21. The molecule has 0 aliphatic heterocycles. The van der Waals surface area contributed by atoms with Gasteiger partial charge in [0.25, 0.3) is 0 Å². The Bertz CT molecular complexity index is 110. The SMILES string of the molecule is CCCNC(CCCOC)COCCC. The van der Waals surface area contributed by atoms with Crippen molar-refractivity contribution in [3.05, 3.63) is 0 Å². The summed E-state index contributed by atoms with van der Waals surface area (Å²) in [4.78, 5) is 0. The zero-order valence-electron chi connectivity index (χ0n) is 10.6. The summed E-state index contributed by atoms with van der Waals surface area (Å²) in [5.74, 6) is 0. The Balaban J connectivity index is 3.53. The van der Waals surface area contributed by atoms with Gasteiger partial charge in [0, 0.05) is 26.4 Å². The van der Waals surface area contributed by atoms with Crippen LogP contribution in [0.25, 0.3) is 0 Å². The van der Waals surface area contributed by atoms with Gasteiger partial charge in [0.1, 0.15) is 0 Å². The lowest BCUT2D eigenvalue weighted by Gasteiger charge is -2.18. The summed E-state index contributed by atoms with van der Waals surface area (Å²) in [6.07, 6.45) is 4.51. The summed E-state index contributed by atoms with van der Waals surface area (Å²) in [6.45, 7) is 7.95. The monoisotopic (exact) mass is 217 g/mol. The van der Waals surface area contributed by atoms with Gasteiger partial charge in [-0.15, -0.1) is 0 Å². The molecule has 0 spiro atoms. The van der Waals surface area contributed by atoms with Gasteiger partial charge in [-0.05, 0) is 32.2 Å². The Kier molecular flexibility index (Phi) is 11.9. The number of hydrogen-bond acceptors (Lipinski definition) is 3. The molecule has 0 fully saturated rings. The third-order valence-corrected chi connectivity index (χ3v) is 2.25. The highest BCUT2D eigenvalue weighted by atomic mass is 16.5. The highest BCUT2D eigenvalue weighted by Gasteiger charge is 2.06. The topological polar surface area (TPSA) is 30.5 Å². The van der Waals surface area contributed by atoms with E-state index in [-0.39, 0.29) is 0 Å². The average Bonchev–Trinajstić information content (AvgIpc) is 2.25. The maximum absolute atomic E-state index is 5.57. The molecule has 3 heteroatoms. The molecule has 0 aliphatic rings. The molecule has 0 bridgehead atoms. The Hall–Kier alpha value is -0.120. The smallest absolute Gasteiger partial charge is 0.0619 e. The van der Waals surface area contributed by atoms with Crippen molar-refractivity contribution in [2.75, 3.05) is 33.5 Å². The molecule has 1 N–H and O–H groups in total. The van der Waals surface area contributed by atoms with Crippen LogP contribution in [-0.4, -0.2) is 39.5 Å². The zero-order valence-corrected chi connectivity index (χ0v) is 10.6. The molecule has 0 aromatic rings. The van der Waals surface area contributed by atoms with Gasteiger partial charge in [0.05, 0.1) is 6.61 Å². The molecule has 3 nitrogen and oxygen atoms in total. The quantitative estimate of drug-likeness (QED) is 0.538. The van der Waals surface area contributed by atoms with Gasteiger partial charge in [-0.25, -0.2) is 0 Å². The van der Waals surface area contributed by atoms with Crippen LogP contribution in [0.4, 0.5) is 0 Å². The van der Waals surface area contributed by atoms with Gasteiger partial charge in [-0.1, -0.05) is 13.8 Å².